The minimum Gasteiger partial charge on any atom is -0.477 e. The van der Waals surface area contributed by atoms with Crippen molar-refractivity contribution in [2.24, 2.45) is 0 Å². The van der Waals surface area contributed by atoms with E-state index >= 15 is 0 Å². The number of para-hydroxylation sites is 1. The average Bonchev–Trinajstić information content (AvgIpc) is 3.29. The summed E-state index contributed by atoms with van der Waals surface area (Å²) in [5.41, 5.74) is 13.1. The predicted octanol–water partition coefficient (Wildman–Crippen LogP) is 5.45. The van der Waals surface area contributed by atoms with Gasteiger partial charge in [-0.05, 0) is 51.3 Å². The summed E-state index contributed by atoms with van der Waals surface area (Å²) in [5.74, 6) is -0.244. The number of nitrogens with two attached hydrogens (primary N) is 1. The third-order valence-corrected chi connectivity index (χ3v) is 6.45. The number of carboxylic acids is 1. The smallest absolute Gasteiger partial charge is 0.354 e. The molecule has 3 N–H and O–H groups in total. The molecule has 0 bridgehead atoms. The van der Waals surface area contributed by atoms with E-state index in [9.17, 15) is 9.90 Å². The number of carbonyl (C=O) groups is 1. The highest BCUT2D eigenvalue weighted by atomic mass is 79.9. The van der Waals surface area contributed by atoms with Crippen molar-refractivity contribution in [1.82, 2.24) is 14.5 Å². The van der Waals surface area contributed by atoms with E-state index < -0.39 is 5.97 Å². The van der Waals surface area contributed by atoms with Crippen molar-refractivity contribution in [3.8, 4) is 22.3 Å². The second kappa shape index (κ2) is 7.80. The van der Waals surface area contributed by atoms with E-state index in [4.69, 9.17) is 10.2 Å². The van der Waals surface area contributed by atoms with Gasteiger partial charge in [0.15, 0.2) is 11.3 Å². The van der Waals surface area contributed by atoms with Gasteiger partial charge in [-0.2, -0.15) is 0 Å². The number of benzene rings is 1. The van der Waals surface area contributed by atoms with Gasteiger partial charge in [0, 0.05) is 33.3 Å². The van der Waals surface area contributed by atoms with Crippen LogP contribution < -0.4 is 5.73 Å². The predicted molar refractivity (Wildman–Crippen MR) is 126 cm³/mol. The van der Waals surface area contributed by atoms with E-state index in [0.29, 0.717) is 29.8 Å². The summed E-state index contributed by atoms with van der Waals surface area (Å²) >= 11 is 3.76. The first-order chi connectivity index (χ1) is 15.5. The highest BCUT2D eigenvalue weighted by Gasteiger charge is 2.26. The molecule has 2 aliphatic rings. The third kappa shape index (κ3) is 3.15. The molecule has 0 spiro atoms. The highest BCUT2D eigenvalue weighted by molar-refractivity contribution is 9.10. The Hall–Kier alpha value is -3.65. The van der Waals surface area contributed by atoms with Crippen LogP contribution in [0.3, 0.4) is 0 Å². The van der Waals surface area contributed by atoms with Crippen molar-refractivity contribution < 1.29 is 14.3 Å². The van der Waals surface area contributed by atoms with Gasteiger partial charge in [0.05, 0.1) is 19.1 Å². The maximum Gasteiger partial charge on any atom is 0.354 e. The summed E-state index contributed by atoms with van der Waals surface area (Å²) in [6.45, 7) is 2.47. The zero-order valence-electron chi connectivity index (χ0n) is 17.2. The number of aromatic carboxylic acids is 1. The Morgan fingerprint density at radius 2 is 1.94 bits per heavy atom. The summed E-state index contributed by atoms with van der Waals surface area (Å²) in [6, 6.07) is 12.8. The minimum absolute atomic E-state index is 0.0128. The SMILES string of the molecule is CCc1nc2ccc(C(=O)O)nc2n1Cc1c2ccocc-2c(Br)c1-c1ccccc1N. The molecule has 0 fully saturated rings. The molecule has 0 amide bonds. The van der Waals surface area contributed by atoms with Crippen LogP contribution in [-0.4, -0.2) is 25.6 Å². The molecule has 8 heteroatoms. The number of aryl methyl sites for hydroxylation is 1. The van der Waals surface area contributed by atoms with Crippen molar-refractivity contribution in [3.05, 3.63) is 76.5 Å². The Morgan fingerprint density at radius 1 is 1.12 bits per heavy atom. The van der Waals surface area contributed by atoms with Crippen LogP contribution in [0.2, 0.25) is 0 Å². The lowest BCUT2D eigenvalue weighted by Crippen LogP contribution is -2.08. The van der Waals surface area contributed by atoms with E-state index in [1.165, 1.54) is 6.07 Å². The van der Waals surface area contributed by atoms with Crippen molar-refractivity contribution in [1.29, 1.82) is 0 Å². The van der Waals surface area contributed by atoms with Crippen LogP contribution in [-0.2, 0) is 13.0 Å². The molecule has 1 aliphatic heterocycles. The van der Waals surface area contributed by atoms with Gasteiger partial charge in [-0.3, -0.25) is 0 Å². The lowest BCUT2D eigenvalue weighted by Gasteiger charge is -2.13. The van der Waals surface area contributed by atoms with Gasteiger partial charge in [-0.1, -0.05) is 25.1 Å². The van der Waals surface area contributed by atoms with Crippen LogP contribution >= 0.6 is 15.9 Å². The lowest BCUT2D eigenvalue weighted by molar-refractivity contribution is 0.0691. The van der Waals surface area contributed by atoms with Gasteiger partial charge in [0.25, 0.3) is 0 Å². The van der Waals surface area contributed by atoms with Crippen LogP contribution in [0.15, 0.2) is 63.9 Å². The second-order valence-electron chi connectivity index (χ2n) is 7.45. The van der Waals surface area contributed by atoms with Crippen molar-refractivity contribution in [2.45, 2.75) is 19.9 Å². The van der Waals surface area contributed by atoms with Crippen molar-refractivity contribution >= 4 is 38.8 Å². The van der Waals surface area contributed by atoms with E-state index in [-0.39, 0.29) is 5.69 Å². The molecule has 0 saturated heterocycles. The van der Waals surface area contributed by atoms with Crippen LogP contribution in [0.5, 0.6) is 0 Å². The topological polar surface area (TPSA) is 107 Å². The molecule has 3 aromatic rings. The number of pyridine rings is 1. The molecule has 1 aliphatic carbocycles. The van der Waals surface area contributed by atoms with Gasteiger partial charge >= 0.3 is 5.97 Å². The fourth-order valence-corrected chi connectivity index (χ4v) is 4.89. The largest absolute Gasteiger partial charge is 0.477 e. The fourth-order valence-electron chi connectivity index (χ4n) is 4.13. The van der Waals surface area contributed by atoms with Crippen molar-refractivity contribution in [3.63, 3.8) is 0 Å². The first-order valence-electron chi connectivity index (χ1n) is 10.1. The number of nitrogens with zero attached hydrogens (tertiary/aromatic N) is 3. The molecular weight excluding hydrogens is 472 g/mol. The highest BCUT2D eigenvalue weighted by Crippen LogP contribution is 2.47. The van der Waals surface area contributed by atoms with Gasteiger partial charge in [-0.15, -0.1) is 0 Å². The lowest BCUT2D eigenvalue weighted by atomic mass is 10.0. The molecule has 160 valence electrons. The number of hydrogen-bond acceptors (Lipinski definition) is 5. The zero-order valence-corrected chi connectivity index (χ0v) is 18.8. The molecule has 5 rings (SSSR count). The molecule has 1 aromatic carbocycles. The van der Waals surface area contributed by atoms with Crippen molar-refractivity contribution in [2.75, 3.05) is 5.73 Å². The average molecular weight is 491 g/mol. The molecule has 0 saturated carbocycles. The maximum absolute atomic E-state index is 11.5. The molecule has 0 radical (unpaired) electrons. The van der Waals surface area contributed by atoms with Crippen LogP contribution in [0.4, 0.5) is 5.69 Å². The number of rotatable bonds is 5. The summed E-state index contributed by atoms with van der Waals surface area (Å²) in [4.78, 5) is 20.6. The monoisotopic (exact) mass is 490 g/mol. The van der Waals surface area contributed by atoms with Crippen LogP contribution in [0.25, 0.3) is 33.4 Å². The molecule has 0 atom stereocenters. The van der Waals surface area contributed by atoms with Gasteiger partial charge in [-0.25, -0.2) is 14.8 Å². The number of fused-ring (bicyclic) bond motifs is 2. The number of hydrogen-bond donors (Lipinski definition) is 2. The van der Waals surface area contributed by atoms with Gasteiger partial charge < -0.3 is 19.8 Å². The summed E-state index contributed by atoms with van der Waals surface area (Å²) < 4.78 is 8.32. The standard InChI is InChI=1S/C24H19BrN4O3/c1-2-20-27-18-7-8-19(24(30)31)28-23(18)29(20)11-15-13-9-10-32-12-16(13)22(25)21(15)14-5-3-4-6-17(14)26/h3-10,12H,2,11,26H2,1H3,(H,30,31). The Bertz CT molecular complexity index is 1450. The number of nitrogen functional groups attached to an aromatic ring is 1. The minimum atomic E-state index is -1.07. The Kier molecular flexibility index (Phi) is 4.94. The molecule has 2 aromatic heterocycles. The molecular formula is C24H19BrN4O3. The van der Waals surface area contributed by atoms with E-state index in [2.05, 4.69) is 25.9 Å². The Balaban J connectivity index is 1.78. The van der Waals surface area contributed by atoms with E-state index in [1.54, 1.807) is 18.6 Å². The summed E-state index contributed by atoms with van der Waals surface area (Å²) in [5, 5.41) is 9.43. The first-order valence-corrected chi connectivity index (χ1v) is 10.9. The Morgan fingerprint density at radius 3 is 2.69 bits per heavy atom. The van der Waals surface area contributed by atoms with Crippen LogP contribution in [0, 0.1) is 0 Å². The molecule has 32 heavy (non-hydrogen) atoms. The fraction of sp³-hybridized carbons (Fsp3) is 0.125. The molecule has 0 unspecified atom stereocenters. The van der Waals surface area contributed by atoms with Crippen LogP contribution in [0.1, 0.15) is 28.8 Å². The number of carboxylic acid groups (broad SMARTS) is 1. The van der Waals surface area contributed by atoms with E-state index in [0.717, 1.165) is 38.1 Å². The second-order valence-corrected chi connectivity index (χ2v) is 8.24. The number of imidazole rings is 1. The summed E-state index contributed by atoms with van der Waals surface area (Å²) in [6.07, 6.45) is 4.03. The molecule has 3 heterocycles. The molecule has 7 nitrogen and oxygen atoms in total. The summed E-state index contributed by atoms with van der Waals surface area (Å²) in [7, 11) is 0. The van der Waals surface area contributed by atoms with Gasteiger partial charge in [0.2, 0.25) is 0 Å². The normalized spacial score (nSPS) is 11.4. The number of aromatic nitrogens is 3. The number of halogens is 1. The zero-order chi connectivity index (χ0) is 22.4. The first kappa shape index (κ1) is 20.3. The van der Waals surface area contributed by atoms with Gasteiger partial charge in [0.1, 0.15) is 11.3 Å². The Labute approximate surface area is 192 Å². The number of anilines is 1. The third-order valence-electron chi connectivity index (χ3n) is 5.63. The van der Waals surface area contributed by atoms with E-state index in [1.807, 2.05) is 41.8 Å². The quantitative estimate of drug-likeness (QED) is 0.317. The maximum atomic E-state index is 11.5.